The Kier molecular flexibility index (Phi) is 2.65. The molecule has 2 atom stereocenters. The Morgan fingerprint density at radius 2 is 2.20 bits per heavy atom. The zero-order chi connectivity index (χ0) is 7.56. The molecule has 0 amide bonds. The lowest BCUT2D eigenvalue weighted by Gasteiger charge is -2.32. The molecule has 3 nitrogen and oxygen atoms in total. The van der Waals surface area contributed by atoms with Gasteiger partial charge in [0.2, 0.25) is 0 Å². The molecule has 1 rings (SSSR count). The summed E-state index contributed by atoms with van der Waals surface area (Å²) >= 11 is 0. The van der Waals surface area contributed by atoms with Crippen LogP contribution in [-0.2, 0) is 4.74 Å². The summed E-state index contributed by atoms with van der Waals surface area (Å²) in [4.78, 5) is 2.00. The van der Waals surface area contributed by atoms with E-state index < -0.39 is 0 Å². The number of hydrogen-bond acceptors (Lipinski definition) is 3. The van der Waals surface area contributed by atoms with Crippen LogP contribution < -0.4 is 0 Å². The van der Waals surface area contributed by atoms with Crippen LogP contribution in [0.15, 0.2) is 0 Å². The van der Waals surface area contributed by atoms with Crippen molar-refractivity contribution >= 4 is 0 Å². The number of ether oxygens (including phenoxy) is 1. The first-order valence-electron chi connectivity index (χ1n) is 3.64. The van der Waals surface area contributed by atoms with E-state index in [1.165, 1.54) is 0 Å². The van der Waals surface area contributed by atoms with E-state index in [1.54, 1.807) is 0 Å². The van der Waals surface area contributed by atoms with Crippen molar-refractivity contribution in [2.75, 3.05) is 27.3 Å². The molecule has 0 saturated carbocycles. The number of nitrogens with zero attached hydrogens (tertiary/aromatic N) is 1. The molecule has 0 aliphatic carbocycles. The molecular weight excluding hydrogens is 130 g/mol. The Hall–Kier alpha value is -0.120. The lowest BCUT2D eigenvalue weighted by Crippen LogP contribution is -2.46. The third-order valence-electron chi connectivity index (χ3n) is 1.95. The first-order valence-corrected chi connectivity index (χ1v) is 3.64. The number of likely N-dealkylation sites (N-methyl/N-ethyl adjacent to an activating group) is 1. The molecule has 1 fully saturated rings. The van der Waals surface area contributed by atoms with Crippen molar-refractivity contribution in [1.29, 1.82) is 0 Å². The number of aliphatic hydroxyl groups excluding tert-OH is 1. The third kappa shape index (κ3) is 1.68. The molecule has 0 aromatic heterocycles. The van der Waals surface area contributed by atoms with Crippen LogP contribution in [0.1, 0.15) is 6.42 Å². The normalized spacial score (nSPS) is 34.8. The maximum absolute atomic E-state index is 9.42. The Morgan fingerprint density at radius 1 is 1.50 bits per heavy atom. The fraction of sp³-hybridized carbons (Fsp3) is 1.00. The molecule has 0 unspecified atom stereocenters. The zero-order valence-corrected chi connectivity index (χ0v) is 6.58. The average Bonchev–Trinajstić information content (AvgIpc) is 1.88. The van der Waals surface area contributed by atoms with Gasteiger partial charge in [-0.25, -0.2) is 0 Å². The van der Waals surface area contributed by atoms with Crippen LogP contribution in [0.2, 0.25) is 0 Å². The molecule has 0 aromatic rings. The molecular formula is C7H15NO2. The minimum atomic E-state index is -0.205. The van der Waals surface area contributed by atoms with Gasteiger partial charge in [0.25, 0.3) is 0 Å². The summed E-state index contributed by atoms with van der Waals surface area (Å²) in [6.45, 7) is 1.36. The SMILES string of the molecule is CN(C)[C@H]1COCC[C@@H]1O. The number of rotatable bonds is 1. The van der Waals surface area contributed by atoms with E-state index in [1.807, 2.05) is 19.0 Å². The fourth-order valence-electron chi connectivity index (χ4n) is 1.20. The van der Waals surface area contributed by atoms with Crippen LogP contribution in [0.5, 0.6) is 0 Å². The molecule has 0 bridgehead atoms. The van der Waals surface area contributed by atoms with Crippen molar-refractivity contribution in [2.45, 2.75) is 18.6 Å². The third-order valence-corrected chi connectivity index (χ3v) is 1.95. The topological polar surface area (TPSA) is 32.7 Å². The van der Waals surface area contributed by atoms with Gasteiger partial charge in [-0.05, 0) is 20.5 Å². The Bertz CT molecular complexity index is 106. The van der Waals surface area contributed by atoms with Crippen molar-refractivity contribution in [3.8, 4) is 0 Å². The van der Waals surface area contributed by atoms with Crippen LogP contribution in [0.4, 0.5) is 0 Å². The fourth-order valence-corrected chi connectivity index (χ4v) is 1.20. The first-order chi connectivity index (χ1) is 4.72. The van der Waals surface area contributed by atoms with Gasteiger partial charge in [0.15, 0.2) is 0 Å². The predicted molar refractivity (Wildman–Crippen MR) is 38.9 cm³/mol. The minimum Gasteiger partial charge on any atom is -0.391 e. The molecule has 0 radical (unpaired) electrons. The smallest absolute Gasteiger partial charge is 0.0739 e. The standard InChI is InChI=1S/C7H15NO2/c1-8(2)6-5-10-4-3-7(6)9/h6-7,9H,3-5H2,1-2H3/t6-,7-/m0/s1. The summed E-state index contributed by atoms with van der Waals surface area (Å²) in [5, 5.41) is 9.42. The van der Waals surface area contributed by atoms with E-state index in [0.717, 1.165) is 6.42 Å². The van der Waals surface area contributed by atoms with E-state index in [0.29, 0.717) is 13.2 Å². The van der Waals surface area contributed by atoms with Crippen LogP contribution in [-0.4, -0.2) is 49.5 Å². The minimum absolute atomic E-state index is 0.189. The molecule has 0 spiro atoms. The van der Waals surface area contributed by atoms with Crippen molar-refractivity contribution in [1.82, 2.24) is 4.90 Å². The van der Waals surface area contributed by atoms with E-state index in [9.17, 15) is 5.11 Å². The van der Waals surface area contributed by atoms with Gasteiger partial charge in [-0.2, -0.15) is 0 Å². The lowest BCUT2D eigenvalue weighted by atomic mass is 10.1. The highest BCUT2D eigenvalue weighted by Crippen LogP contribution is 2.10. The second-order valence-corrected chi connectivity index (χ2v) is 2.96. The largest absolute Gasteiger partial charge is 0.391 e. The van der Waals surface area contributed by atoms with Gasteiger partial charge in [-0.3, -0.25) is 0 Å². The van der Waals surface area contributed by atoms with Gasteiger partial charge in [-0.1, -0.05) is 0 Å². The quantitative estimate of drug-likeness (QED) is 0.550. The lowest BCUT2D eigenvalue weighted by molar-refractivity contribution is -0.0475. The molecule has 0 aromatic carbocycles. The molecule has 60 valence electrons. The van der Waals surface area contributed by atoms with Crippen molar-refractivity contribution in [3.05, 3.63) is 0 Å². The zero-order valence-electron chi connectivity index (χ0n) is 6.58. The Morgan fingerprint density at radius 3 is 2.60 bits per heavy atom. The molecule has 1 aliphatic rings. The molecule has 1 saturated heterocycles. The number of aliphatic hydroxyl groups is 1. The van der Waals surface area contributed by atoms with Gasteiger partial charge in [0, 0.05) is 6.61 Å². The predicted octanol–water partition coefficient (Wildman–Crippen LogP) is -0.302. The second-order valence-electron chi connectivity index (χ2n) is 2.96. The monoisotopic (exact) mass is 145 g/mol. The van der Waals surface area contributed by atoms with E-state index >= 15 is 0 Å². The van der Waals surface area contributed by atoms with Crippen LogP contribution in [0.25, 0.3) is 0 Å². The summed E-state index contributed by atoms with van der Waals surface area (Å²) < 4.78 is 5.21. The molecule has 1 N–H and O–H groups in total. The highest BCUT2D eigenvalue weighted by Gasteiger charge is 2.24. The summed E-state index contributed by atoms with van der Waals surface area (Å²) in [6.07, 6.45) is 0.562. The van der Waals surface area contributed by atoms with Gasteiger partial charge < -0.3 is 14.7 Å². The molecule has 1 heterocycles. The summed E-state index contributed by atoms with van der Waals surface area (Å²) in [5.74, 6) is 0. The van der Waals surface area contributed by atoms with Gasteiger partial charge >= 0.3 is 0 Å². The van der Waals surface area contributed by atoms with E-state index in [4.69, 9.17) is 4.74 Å². The van der Waals surface area contributed by atoms with Crippen LogP contribution in [0.3, 0.4) is 0 Å². The summed E-state index contributed by atoms with van der Waals surface area (Å²) in [5.41, 5.74) is 0. The highest BCUT2D eigenvalue weighted by molar-refractivity contribution is 4.78. The average molecular weight is 145 g/mol. The maximum atomic E-state index is 9.42. The Balaban J connectivity index is 2.40. The van der Waals surface area contributed by atoms with Crippen molar-refractivity contribution in [2.24, 2.45) is 0 Å². The van der Waals surface area contributed by atoms with Gasteiger partial charge in [-0.15, -0.1) is 0 Å². The maximum Gasteiger partial charge on any atom is 0.0739 e. The van der Waals surface area contributed by atoms with Gasteiger partial charge in [0.05, 0.1) is 18.8 Å². The number of hydrogen-bond donors (Lipinski definition) is 1. The van der Waals surface area contributed by atoms with Crippen molar-refractivity contribution < 1.29 is 9.84 Å². The molecule has 1 aliphatic heterocycles. The highest BCUT2D eigenvalue weighted by atomic mass is 16.5. The van der Waals surface area contributed by atoms with E-state index in [-0.39, 0.29) is 12.1 Å². The molecule has 3 heteroatoms. The molecule has 10 heavy (non-hydrogen) atoms. The Labute approximate surface area is 61.6 Å². The second kappa shape index (κ2) is 3.32. The van der Waals surface area contributed by atoms with Crippen LogP contribution >= 0.6 is 0 Å². The van der Waals surface area contributed by atoms with Crippen LogP contribution in [0, 0.1) is 0 Å². The summed E-state index contributed by atoms with van der Waals surface area (Å²) in [7, 11) is 3.92. The van der Waals surface area contributed by atoms with E-state index in [2.05, 4.69) is 0 Å². The van der Waals surface area contributed by atoms with Crippen molar-refractivity contribution in [3.63, 3.8) is 0 Å². The first kappa shape index (κ1) is 7.98. The van der Waals surface area contributed by atoms with Gasteiger partial charge in [0.1, 0.15) is 0 Å². The summed E-state index contributed by atoms with van der Waals surface area (Å²) in [6, 6.07) is 0.189.